The Labute approximate surface area is 145 Å². The van der Waals surface area contributed by atoms with Gasteiger partial charge in [0.15, 0.2) is 5.78 Å². The Kier molecular flexibility index (Phi) is 5.80. The van der Waals surface area contributed by atoms with Gasteiger partial charge in [0, 0.05) is 34.1 Å². The number of carbonyl (C=O) groups excluding carboxylic acids is 2. The van der Waals surface area contributed by atoms with Crippen molar-refractivity contribution in [2.24, 2.45) is 0 Å². The van der Waals surface area contributed by atoms with Crippen molar-refractivity contribution in [1.82, 2.24) is 0 Å². The van der Waals surface area contributed by atoms with E-state index >= 15 is 0 Å². The summed E-state index contributed by atoms with van der Waals surface area (Å²) in [6, 6.07) is 10.5. The molecule has 23 heavy (non-hydrogen) atoms. The average molecular weight is 350 g/mol. The number of nitrogens with one attached hydrogen (secondary N) is 1. The molecule has 0 atom stereocenters. The first kappa shape index (κ1) is 17.5. The van der Waals surface area contributed by atoms with Crippen LogP contribution < -0.4 is 5.32 Å². The van der Waals surface area contributed by atoms with Crippen LogP contribution in [0.4, 0.5) is 5.69 Å². The molecule has 2 rings (SSSR count). The predicted molar refractivity (Wildman–Crippen MR) is 94.6 cm³/mol. The van der Waals surface area contributed by atoms with Crippen molar-refractivity contribution in [3.8, 4) is 0 Å². The van der Waals surface area contributed by atoms with E-state index in [-0.39, 0.29) is 24.5 Å². The number of aryl methyl sites for hydroxylation is 2. The number of anilines is 1. The van der Waals surface area contributed by atoms with E-state index in [4.69, 9.17) is 23.2 Å². The number of halogens is 2. The van der Waals surface area contributed by atoms with E-state index in [0.29, 0.717) is 21.3 Å². The predicted octanol–water partition coefficient (Wildman–Crippen LogP) is 5.21. The second kappa shape index (κ2) is 7.62. The van der Waals surface area contributed by atoms with Crippen LogP contribution in [-0.4, -0.2) is 11.7 Å². The van der Waals surface area contributed by atoms with Crippen molar-refractivity contribution in [2.45, 2.75) is 26.7 Å². The zero-order valence-electron chi connectivity index (χ0n) is 13.0. The van der Waals surface area contributed by atoms with Gasteiger partial charge in [-0.25, -0.2) is 0 Å². The Morgan fingerprint density at radius 2 is 1.61 bits per heavy atom. The highest BCUT2D eigenvalue weighted by atomic mass is 35.5. The summed E-state index contributed by atoms with van der Waals surface area (Å²) >= 11 is 11.8. The maximum absolute atomic E-state index is 12.2. The van der Waals surface area contributed by atoms with Gasteiger partial charge in [0.1, 0.15) is 0 Å². The molecule has 0 aliphatic rings. The molecular formula is C18H17Cl2NO2. The summed E-state index contributed by atoms with van der Waals surface area (Å²) in [6.45, 7) is 3.87. The standard InChI is InChI=1S/C18H17Cl2NO2/c1-11-3-4-16(12(2)7-11)17(22)5-6-18(23)21-15-9-13(19)8-14(20)10-15/h3-4,7-10H,5-6H2,1-2H3,(H,21,23). The minimum absolute atomic E-state index is 0.0400. The third-order valence-corrected chi connectivity index (χ3v) is 3.84. The van der Waals surface area contributed by atoms with Gasteiger partial charge in [-0.2, -0.15) is 0 Å². The molecule has 5 heteroatoms. The molecule has 120 valence electrons. The van der Waals surface area contributed by atoms with Crippen LogP contribution in [0.1, 0.15) is 34.3 Å². The van der Waals surface area contributed by atoms with Crippen molar-refractivity contribution in [3.05, 3.63) is 63.1 Å². The number of Topliss-reactive ketones (excluding diaryl/α,β-unsaturated/α-hetero) is 1. The molecule has 0 aromatic heterocycles. The minimum atomic E-state index is -0.249. The lowest BCUT2D eigenvalue weighted by Crippen LogP contribution is -2.14. The topological polar surface area (TPSA) is 46.2 Å². The number of hydrogen-bond acceptors (Lipinski definition) is 2. The molecule has 0 aliphatic heterocycles. The van der Waals surface area contributed by atoms with Gasteiger partial charge in [0.05, 0.1) is 0 Å². The van der Waals surface area contributed by atoms with E-state index in [1.807, 2.05) is 32.0 Å². The monoisotopic (exact) mass is 349 g/mol. The van der Waals surface area contributed by atoms with Crippen LogP contribution in [0.3, 0.4) is 0 Å². The molecular weight excluding hydrogens is 333 g/mol. The number of carbonyl (C=O) groups is 2. The fourth-order valence-corrected chi connectivity index (χ4v) is 2.86. The smallest absolute Gasteiger partial charge is 0.224 e. The Bertz CT molecular complexity index is 736. The Morgan fingerprint density at radius 1 is 0.957 bits per heavy atom. The highest BCUT2D eigenvalue weighted by molar-refractivity contribution is 6.35. The molecule has 0 fully saturated rings. The van der Waals surface area contributed by atoms with Gasteiger partial charge in [0.2, 0.25) is 5.91 Å². The molecule has 0 unspecified atom stereocenters. The number of ketones is 1. The molecule has 0 saturated carbocycles. The summed E-state index contributed by atoms with van der Waals surface area (Å²) in [4.78, 5) is 24.2. The zero-order valence-corrected chi connectivity index (χ0v) is 14.5. The second-order valence-corrected chi connectivity index (χ2v) is 6.32. The summed E-state index contributed by atoms with van der Waals surface area (Å²) in [6.07, 6.45) is 0.264. The SMILES string of the molecule is Cc1ccc(C(=O)CCC(=O)Nc2cc(Cl)cc(Cl)c2)c(C)c1. The summed E-state index contributed by atoms with van der Waals surface area (Å²) in [7, 11) is 0. The summed E-state index contributed by atoms with van der Waals surface area (Å²) in [5, 5.41) is 3.58. The van der Waals surface area contributed by atoms with Crippen LogP contribution in [-0.2, 0) is 4.79 Å². The number of benzene rings is 2. The lowest BCUT2D eigenvalue weighted by molar-refractivity contribution is -0.116. The summed E-state index contributed by atoms with van der Waals surface area (Å²) in [5.74, 6) is -0.289. The Hall–Kier alpha value is -1.84. The Morgan fingerprint density at radius 3 is 2.22 bits per heavy atom. The molecule has 2 aromatic rings. The van der Waals surface area contributed by atoms with Crippen molar-refractivity contribution in [1.29, 1.82) is 0 Å². The maximum Gasteiger partial charge on any atom is 0.224 e. The molecule has 0 spiro atoms. The normalized spacial score (nSPS) is 10.4. The quantitative estimate of drug-likeness (QED) is 0.752. The first-order valence-electron chi connectivity index (χ1n) is 7.21. The summed E-state index contributed by atoms with van der Waals surface area (Å²) in [5.41, 5.74) is 3.22. The molecule has 0 bridgehead atoms. The lowest BCUT2D eigenvalue weighted by Gasteiger charge is -2.08. The van der Waals surface area contributed by atoms with Gasteiger partial charge >= 0.3 is 0 Å². The maximum atomic E-state index is 12.2. The Balaban J connectivity index is 1.94. The third-order valence-electron chi connectivity index (χ3n) is 3.41. The molecule has 1 amide bonds. The number of amides is 1. The van der Waals surface area contributed by atoms with Crippen LogP contribution in [0.2, 0.25) is 10.0 Å². The molecule has 0 aliphatic carbocycles. The number of hydrogen-bond donors (Lipinski definition) is 1. The molecule has 0 radical (unpaired) electrons. The first-order chi connectivity index (χ1) is 10.8. The van der Waals surface area contributed by atoms with E-state index in [1.54, 1.807) is 18.2 Å². The van der Waals surface area contributed by atoms with Crippen LogP contribution in [0.25, 0.3) is 0 Å². The lowest BCUT2D eigenvalue weighted by atomic mass is 9.99. The molecule has 0 heterocycles. The minimum Gasteiger partial charge on any atom is -0.326 e. The number of rotatable bonds is 5. The average Bonchev–Trinajstić information content (AvgIpc) is 2.43. The second-order valence-electron chi connectivity index (χ2n) is 5.45. The highest BCUT2D eigenvalue weighted by Gasteiger charge is 2.12. The first-order valence-corrected chi connectivity index (χ1v) is 7.97. The van der Waals surface area contributed by atoms with Crippen LogP contribution in [0.15, 0.2) is 36.4 Å². The fourth-order valence-electron chi connectivity index (χ4n) is 2.34. The van der Waals surface area contributed by atoms with Crippen molar-refractivity contribution >= 4 is 40.6 Å². The molecule has 1 N–H and O–H groups in total. The van der Waals surface area contributed by atoms with E-state index < -0.39 is 0 Å². The largest absolute Gasteiger partial charge is 0.326 e. The summed E-state index contributed by atoms with van der Waals surface area (Å²) < 4.78 is 0. The van der Waals surface area contributed by atoms with Gasteiger partial charge < -0.3 is 5.32 Å². The van der Waals surface area contributed by atoms with E-state index in [2.05, 4.69) is 5.32 Å². The van der Waals surface area contributed by atoms with Gasteiger partial charge in [-0.15, -0.1) is 0 Å². The van der Waals surface area contributed by atoms with E-state index in [1.165, 1.54) is 0 Å². The molecule has 3 nitrogen and oxygen atoms in total. The van der Waals surface area contributed by atoms with Crippen molar-refractivity contribution < 1.29 is 9.59 Å². The van der Waals surface area contributed by atoms with Gasteiger partial charge in [-0.1, -0.05) is 47.0 Å². The molecule has 2 aromatic carbocycles. The van der Waals surface area contributed by atoms with Gasteiger partial charge in [-0.05, 0) is 37.6 Å². The van der Waals surface area contributed by atoms with Crippen LogP contribution in [0, 0.1) is 13.8 Å². The van der Waals surface area contributed by atoms with E-state index in [9.17, 15) is 9.59 Å². The van der Waals surface area contributed by atoms with Crippen molar-refractivity contribution in [2.75, 3.05) is 5.32 Å². The van der Waals surface area contributed by atoms with Crippen molar-refractivity contribution in [3.63, 3.8) is 0 Å². The van der Waals surface area contributed by atoms with Gasteiger partial charge in [-0.3, -0.25) is 9.59 Å². The zero-order chi connectivity index (χ0) is 17.0. The van der Waals surface area contributed by atoms with Crippen LogP contribution in [0.5, 0.6) is 0 Å². The highest BCUT2D eigenvalue weighted by Crippen LogP contribution is 2.22. The van der Waals surface area contributed by atoms with Gasteiger partial charge in [0.25, 0.3) is 0 Å². The van der Waals surface area contributed by atoms with E-state index in [0.717, 1.165) is 11.1 Å². The fraction of sp³-hybridized carbons (Fsp3) is 0.222. The molecule has 0 saturated heterocycles. The van der Waals surface area contributed by atoms with Crippen LogP contribution >= 0.6 is 23.2 Å². The third kappa shape index (κ3) is 5.08.